The minimum Gasteiger partial charge on any atom is -0.494 e. The Bertz CT molecular complexity index is 937. The van der Waals surface area contributed by atoms with E-state index in [0.29, 0.717) is 17.5 Å². The number of thioether (sulfide) groups is 1. The fourth-order valence-corrected chi connectivity index (χ4v) is 4.27. The van der Waals surface area contributed by atoms with Gasteiger partial charge in [-0.15, -0.1) is 16.4 Å². The molecule has 0 radical (unpaired) electrons. The highest BCUT2D eigenvalue weighted by atomic mass is 32.2. The molecule has 0 aliphatic heterocycles. The van der Waals surface area contributed by atoms with E-state index in [9.17, 15) is 4.79 Å². The van der Waals surface area contributed by atoms with E-state index in [0.717, 1.165) is 11.3 Å². The van der Waals surface area contributed by atoms with Gasteiger partial charge in [0.05, 0.1) is 19.4 Å². The Morgan fingerprint density at radius 2 is 2.15 bits per heavy atom. The quantitative estimate of drug-likeness (QED) is 0.565. The highest BCUT2D eigenvalue weighted by Crippen LogP contribution is 2.27. The molecule has 0 saturated carbocycles. The lowest BCUT2D eigenvalue weighted by molar-refractivity contribution is -0.127. The molecule has 7 nitrogen and oxygen atoms in total. The predicted octanol–water partition coefficient (Wildman–Crippen LogP) is 3.10. The van der Waals surface area contributed by atoms with Crippen molar-refractivity contribution >= 4 is 29.0 Å². The Morgan fingerprint density at radius 3 is 2.85 bits per heavy atom. The number of aryl methyl sites for hydroxylation is 2. The van der Waals surface area contributed by atoms with Crippen LogP contribution < -0.4 is 4.74 Å². The van der Waals surface area contributed by atoms with Gasteiger partial charge in [-0.1, -0.05) is 17.8 Å². The summed E-state index contributed by atoms with van der Waals surface area (Å²) >= 11 is 2.98. The summed E-state index contributed by atoms with van der Waals surface area (Å²) in [5, 5.41) is 14.5. The van der Waals surface area contributed by atoms with Crippen molar-refractivity contribution in [2.24, 2.45) is 0 Å². The summed E-state index contributed by atoms with van der Waals surface area (Å²) in [4.78, 5) is 15.4. The number of tetrazole rings is 1. The fraction of sp³-hybridized carbons (Fsp3) is 0.333. The van der Waals surface area contributed by atoms with Gasteiger partial charge in [0, 0.05) is 11.9 Å². The molecule has 0 fully saturated rings. The molecule has 3 aromatic rings. The van der Waals surface area contributed by atoms with Crippen molar-refractivity contribution < 1.29 is 9.53 Å². The molecule has 9 heteroatoms. The van der Waals surface area contributed by atoms with Gasteiger partial charge >= 0.3 is 0 Å². The van der Waals surface area contributed by atoms with Crippen molar-refractivity contribution in [1.82, 2.24) is 25.1 Å². The molecule has 2 heterocycles. The molecule has 0 saturated heterocycles. The summed E-state index contributed by atoms with van der Waals surface area (Å²) in [5.74, 6) is 0.958. The van der Waals surface area contributed by atoms with Crippen LogP contribution in [0.4, 0.5) is 0 Å². The molecule has 0 atom stereocenters. The standard InChI is InChI=1S/C18H21N5O2S2/c1-12-5-6-15(25-4)14(9-12)23-18(19-20-21-23)27-11-17(24)22(3)10-16-13(2)7-8-26-16/h5-9H,10-11H2,1-4H3. The molecule has 0 N–H and O–H groups in total. The number of rotatable bonds is 7. The van der Waals surface area contributed by atoms with Gasteiger partial charge in [-0.05, 0) is 59.0 Å². The second-order valence-corrected chi connectivity index (χ2v) is 8.06. The number of ether oxygens (including phenoxy) is 1. The van der Waals surface area contributed by atoms with E-state index in [1.54, 1.807) is 28.0 Å². The zero-order valence-electron chi connectivity index (χ0n) is 15.7. The number of hydrogen-bond acceptors (Lipinski definition) is 7. The summed E-state index contributed by atoms with van der Waals surface area (Å²) in [7, 11) is 3.42. The van der Waals surface area contributed by atoms with Gasteiger partial charge in [0.1, 0.15) is 11.4 Å². The van der Waals surface area contributed by atoms with E-state index < -0.39 is 0 Å². The fourth-order valence-electron chi connectivity index (χ4n) is 2.49. The van der Waals surface area contributed by atoms with E-state index in [2.05, 4.69) is 28.5 Å². The predicted molar refractivity (Wildman–Crippen MR) is 107 cm³/mol. The number of carbonyl (C=O) groups is 1. The Hall–Kier alpha value is -2.39. The van der Waals surface area contributed by atoms with Gasteiger partial charge < -0.3 is 9.64 Å². The van der Waals surface area contributed by atoms with E-state index >= 15 is 0 Å². The van der Waals surface area contributed by atoms with E-state index in [1.165, 1.54) is 22.2 Å². The SMILES string of the molecule is COc1ccc(C)cc1-n1nnnc1SCC(=O)N(C)Cc1sccc1C. The molecule has 0 bridgehead atoms. The van der Waals surface area contributed by atoms with Crippen molar-refractivity contribution in [3.63, 3.8) is 0 Å². The molecular formula is C18H21N5O2S2. The minimum absolute atomic E-state index is 0.0264. The highest BCUT2D eigenvalue weighted by Gasteiger charge is 2.17. The van der Waals surface area contributed by atoms with Crippen molar-refractivity contribution in [3.05, 3.63) is 45.6 Å². The first-order valence-corrected chi connectivity index (χ1v) is 10.2. The molecular weight excluding hydrogens is 382 g/mol. The number of aromatic nitrogens is 4. The molecule has 142 valence electrons. The van der Waals surface area contributed by atoms with Gasteiger partial charge in [0.2, 0.25) is 11.1 Å². The van der Waals surface area contributed by atoms with E-state index in [4.69, 9.17) is 4.74 Å². The summed E-state index contributed by atoms with van der Waals surface area (Å²) < 4.78 is 7.02. The largest absolute Gasteiger partial charge is 0.494 e. The third-order valence-electron chi connectivity index (χ3n) is 4.10. The first kappa shape index (κ1) is 19.4. The number of amides is 1. The molecule has 0 aliphatic rings. The first-order chi connectivity index (χ1) is 13.0. The molecule has 1 amide bonds. The van der Waals surface area contributed by atoms with Gasteiger partial charge in [-0.3, -0.25) is 4.79 Å². The lowest BCUT2D eigenvalue weighted by Crippen LogP contribution is -2.27. The maximum Gasteiger partial charge on any atom is 0.233 e. The smallest absolute Gasteiger partial charge is 0.233 e. The summed E-state index contributed by atoms with van der Waals surface area (Å²) in [6.07, 6.45) is 0. The zero-order chi connectivity index (χ0) is 19.4. The molecule has 0 unspecified atom stereocenters. The van der Waals surface area contributed by atoms with Crippen LogP contribution in [0.15, 0.2) is 34.8 Å². The van der Waals surface area contributed by atoms with Gasteiger partial charge in [-0.2, -0.15) is 4.68 Å². The molecule has 0 aliphatic carbocycles. The van der Waals surface area contributed by atoms with Crippen LogP contribution in [0.5, 0.6) is 5.75 Å². The van der Waals surface area contributed by atoms with Crippen LogP contribution in [-0.4, -0.2) is 50.9 Å². The monoisotopic (exact) mass is 403 g/mol. The summed E-state index contributed by atoms with van der Waals surface area (Å²) in [6, 6.07) is 7.86. The normalized spacial score (nSPS) is 10.8. The van der Waals surface area contributed by atoms with Crippen LogP contribution in [0.2, 0.25) is 0 Å². The zero-order valence-corrected chi connectivity index (χ0v) is 17.3. The lowest BCUT2D eigenvalue weighted by Gasteiger charge is -2.16. The van der Waals surface area contributed by atoms with Crippen molar-refractivity contribution in [2.75, 3.05) is 19.9 Å². The van der Waals surface area contributed by atoms with Crippen molar-refractivity contribution in [3.8, 4) is 11.4 Å². The Kier molecular flexibility index (Phi) is 6.12. The third-order valence-corrected chi connectivity index (χ3v) is 6.01. The number of thiophene rings is 1. The van der Waals surface area contributed by atoms with E-state index in [-0.39, 0.29) is 11.7 Å². The maximum absolute atomic E-state index is 12.5. The molecule has 3 rings (SSSR count). The van der Waals surface area contributed by atoms with Gasteiger partial charge in [0.25, 0.3) is 0 Å². The number of carbonyl (C=O) groups excluding carboxylic acids is 1. The Labute approximate surface area is 166 Å². The minimum atomic E-state index is 0.0264. The topological polar surface area (TPSA) is 73.1 Å². The van der Waals surface area contributed by atoms with Crippen molar-refractivity contribution in [2.45, 2.75) is 25.5 Å². The van der Waals surface area contributed by atoms with Gasteiger partial charge in [0.15, 0.2) is 0 Å². The van der Waals surface area contributed by atoms with Crippen LogP contribution in [-0.2, 0) is 11.3 Å². The number of methoxy groups -OCH3 is 1. The van der Waals surface area contributed by atoms with E-state index in [1.807, 2.05) is 37.6 Å². The first-order valence-electron chi connectivity index (χ1n) is 8.32. The average molecular weight is 404 g/mol. The Morgan fingerprint density at radius 1 is 1.33 bits per heavy atom. The number of nitrogens with zero attached hydrogens (tertiary/aromatic N) is 5. The molecule has 27 heavy (non-hydrogen) atoms. The van der Waals surface area contributed by atoms with Gasteiger partial charge in [-0.25, -0.2) is 0 Å². The average Bonchev–Trinajstić information content (AvgIpc) is 3.28. The number of hydrogen-bond donors (Lipinski definition) is 0. The summed E-state index contributed by atoms with van der Waals surface area (Å²) in [5.41, 5.74) is 3.03. The van der Waals surface area contributed by atoms with Crippen LogP contribution in [0, 0.1) is 13.8 Å². The lowest BCUT2D eigenvalue weighted by atomic mass is 10.2. The van der Waals surface area contributed by atoms with Crippen LogP contribution in [0.25, 0.3) is 5.69 Å². The second kappa shape index (κ2) is 8.53. The third kappa shape index (κ3) is 4.48. The van der Waals surface area contributed by atoms with Crippen LogP contribution in [0.3, 0.4) is 0 Å². The number of benzene rings is 1. The second-order valence-electron chi connectivity index (χ2n) is 6.11. The molecule has 1 aromatic carbocycles. The van der Waals surface area contributed by atoms with Crippen LogP contribution in [0.1, 0.15) is 16.0 Å². The molecule has 0 spiro atoms. The summed E-state index contributed by atoms with van der Waals surface area (Å²) in [6.45, 7) is 4.66. The molecule has 2 aromatic heterocycles. The maximum atomic E-state index is 12.5. The van der Waals surface area contributed by atoms with Crippen molar-refractivity contribution in [1.29, 1.82) is 0 Å². The van der Waals surface area contributed by atoms with Crippen LogP contribution >= 0.6 is 23.1 Å². The Balaban J connectivity index is 1.69. The highest BCUT2D eigenvalue weighted by molar-refractivity contribution is 7.99.